The van der Waals surface area contributed by atoms with Gasteiger partial charge in [-0.05, 0) is 25.8 Å². The van der Waals surface area contributed by atoms with Crippen LogP contribution >= 0.6 is 0 Å². The zero-order valence-electron chi connectivity index (χ0n) is 11.0. The lowest BCUT2D eigenvalue weighted by atomic mass is 9.97. The molecule has 0 spiro atoms. The van der Waals surface area contributed by atoms with Crippen LogP contribution in [0.25, 0.3) is 0 Å². The molecule has 1 aliphatic rings. The number of aromatic nitrogens is 3. The Hall–Kier alpha value is -1.43. The van der Waals surface area contributed by atoms with Crippen molar-refractivity contribution < 1.29 is 0 Å². The Labute approximate surface area is 108 Å². The molecule has 1 fully saturated rings. The maximum Gasteiger partial charge on any atom is 0.141 e. The third kappa shape index (κ3) is 3.07. The van der Waals surface area contributed by atoms with Crippen molar-refractivity contribution in [3.63, 3.8) is 0 Å². The summed E-state index contributed by atoms with van der Waals surface area (Å²) in [5.74, 6) is 1.54. The number of nitrogens with zero attached hydrogens (tertiary/aromatic N) is 4. The van der Waals surface area contributed by atoms with Gasteiger partial charge in [0.05, 0.1) is 12.4 Å². The molecule has 1 saturated heterocycles. The number of piperidine rings is 1. The van der Waals surface area contributed by atoms with Gasteiger partial charge in [0, 0.05) is 19.0 Å². The highest BCUT2D eigenvalue weighted by Gasteiger charge is 2.23. The zero-order chi connectivity index (χ0) is 13.0. The van der Waals surface area contributed by atoms with Crippen molar-refractivity contribution in [2.45, 2.75) is 39.3 Å². The van der Waals surface area contributed by atoms with E-state index in [4.69, 9.17) is 11.1 Å². The minimum absolute atomic E-state index is 0.210. The summed E-state index contributed by atoms with van der Waals surface area (Å²) in [5, 5.41) is 11.8. The van der Waals surface area contributed by atoms with E-state index in [1.54, 1.807) is 6.33 Å². The standard InChI is InChI=1S/C12H22N6/c1-2-5-18-11(15-9-16-18)8-17-6-3-4-10(7-17)12(13)14/h9-10H,2-8H2,1H3,(H3,13,14). The first-order valence-corrected chi connectivity index (χ1v) is 6.63. The second-order valence-electron chi connectivity index (χ2n) is 4.93. The molecule has 0 aliphatic carbocycles. The van der Waals surface area contributed by atoms with Crippen LogP contribution < -0.4 is 5.73 Å². The molecule has 100 valence electrons. The number of rotatable bonds is 5. The minimum Gasteiger partial charge on any atom is -0.387 e. The number of hydrogen-bond donors (Lipinski definition) is 2. The van der Waals surface area contributed by atoms with E-state index >= 15 is 0 Å². The Kier molecular flexibility index (Phi) is 4.30. The van der Waals surface area contributed by atoms with Crippen LogP contribution in [0.2, 0.25) is 0 Å². The fourth-order valence-electron chi connectivity index (χ4n) is 2.46. The monoisotopic (exact) mass is 250 g/mol. The topological polar surface area (TPSA) is 83.8 Å². The van der Waals surface area contributed by atoms with Crippen molar-refractivity contribution in [3.05, 3.63) is 12.2 Å². The first-order chi connectivity index (χ1) is 8.70. The molecular weight excluding hydrogens is 228 g/mol. The molecule has 0 radical (unpaired) electrons. The van der Waals surface area contributed by atoms with Gasteiger partial charge < -0.3 is 5.73 Å². The quantitative estimate of drug-likeness (QED) is 0.599. The molecule has 0 saturated carbocycles. The Morgan fingerprint density at radius 2 is 2.44 bits per heavy atom. The van der Waals surface area contributed by atoms with Gasteiger partial charge in [0.1, 0.15) is 12.2 Å². The summed E-state index contributed by atoms with van der Waals surface area (Å²) in [5.41, 5.74) is 5.60. The summed E-state index contributed by atoms with van der Waals surface area (Å²) >= 11 is 0. The van der Waals surface area contributed by atoms with Gasteiger partial charge >= 0.3 is 0 Å². The fraction of sp³-hybridized carbons (Fsp3) is 0.750. The molecule has 1 aromatic rings. The van der Waals surface area contributed by atoms with E-state index < -0.39 is 0 Å². The zero-order valence-corrected chi connectivity index (χ0v) is 11.0. The summed E-state index contributed by atoms with van der Waals surface area (Å²) in [6, 6.07) is 0. The minimum atomic E-state index is 0.210. The summed E-state index contributed by atoms with van der Waals surface area (Å²) in [7, 11) is 0. The normalized spacial score (nSPS) is 21.1. The number of hydrogen-bond acceptors (Lipinski definition) is 4. The van der Waals surface area contributed by atoms with Gasteiger partial charge in [-0.1, -0.05) is 6.92 Å². The van der Waals surface area contributed by atoms with Crippen LogP contribution in [0.15, 0.2) is 6.33 Å². The molecule has 3 N–H and O–H groups in total. The van der Waals surface area contributed by atoms with Crippen molar-refractivity contribution >= 4 is 5.84 Å². The van der Waals surface area contributed by atoms with Gasteiger partial charge in [-0.25, -0.2) is 9.67 Å². The number of likely N-dealkylation sites (tertiary alicyclic amines) is 1. The van der Waals surface area contributed by atoms with Crippen LogP contribution in [0.4, 0.5) is 0 Å². The summed E-state index contributed by atoms with van der Waals surface area (Å²) in [6.45, 7) is 5.79. The summed E-state index contributed by atoms with van der Waals surface area (Å²) in [6.07, 6.45) is 4.82. The van der Waals surface area contributed by atoms with E-state index in [1.807, 2.05) is 4.68 Å². The molecular formula is C12H22N6. The molecule has 1 aromatic heterocycles. The maximum absolute atomic E-state index is 7.55. The van der Waals surface area contributed by atoms with Crippen molar-refractivity contribution in [1.82, 2.24) is 19.7 Å². The number of amidine groups is 1. The van der Waals surface area contributed by atoms with E-state index in [9.17, 15) is 0 Å². The third-order valence-corrected chi connectivity index (χ3v) is 3.44. The molecule has 1 atom stereocenters. The number of nitrogens with one attached hydrogen (secondary N) is 1. The van der Waals surface area contributed by atoms with Gasteiger partial charge in [0.2, 0.25) is 0 Å². The molecule has 0 aromatic carbocycles. The molecule has 6 nitrogen and oxygen atoms in total. The fourth-order valence-corrected chi connectivity index (χ4v) is 2.46. The van der Waals surface area contributed by atoms with E-state index in [0.717, 1.165) is 51.3 Å². The molecule has 6 heteroatoms. The molecule has 2 heterocycles. The number of nitrogens with two attached hydrogens (primary N) is 1. The van der Waals surface area contributed by atoms with E-state index in [1.165, 1.54) is 0 Å². The van der Waals surface area contributed by atoms with Crippen LogP contribution in [0.1, 0.15) is 32.0 Å². The van der Waals surface area contributed by atoms with Crippen LogP contribution in [0, 0.1) is 11.3 Å². The summed E-state index contributed by atoms with van der Waals surface area (Å²) < 4.78 is 1.97. The van der Waals surface area contributed by atoms with Gasteiger partial charge in [0.25, 0.3) is 0 Å². The largest absolute Gasteiger partial charge is 0.387 e. The van der Waals surface area contributed by atoms with Crippen molar-refractivity contribution in [3.8, 4) is 0 Å². The Morgan fingerprint density at radius 3 is 3.17 bits per heavy atom. The Bertz CT molecular complexity index is 399. The second kappa shape index (κ2) is 5.95. The van der Waals surface area contributed by atoms with Crippen molar-refractivity contribution in [2.75, 3.05) is 13.1 Å². The molecule has 1 aliphatic heterocycles. The highest BCUT2D eigenvalue weighted by molar-refractivity contribution is 5.79. The average Bonchev–Trinajstić information content (AvgIpc) is 2.77. The molecule has 2 rings (SSSR count). The lowest BCUT2D eigenvalue weighted by Gasteiger charge is -2.31. The van der Waals surface area contributed by atoms with Gasteiger partial charge in [-0.2, -0.15) is 5.10 Å². The Morgan fingerprint density at radius 1 is 1.61 bits per heavy atom. The average molecular weight is 250 g/mol. The first-order valence-electron chi connectivity index (χ1n) is 6.63. The van der Waals surface area contributed by atoms with Crippen LogP contribution in [0.3, 0.4) is 0 Å². The number of aryl methyl sites for hydroxylation is 1. The Balaban J connectivity index is 1.96. The first kappa shape index (κ1) is 13.0. The highest BCUT2D eigenvalue weighted by atomic mass is 15.3. The molecule has 1 unspecified atom stereocenters. The SMILES string of the molecule is CCCn1ncnc1CN1CCCC(C(=N)N)C1. The van der Waals surface area contributed by atoms with Crippen molar-refractivity contribution in [1.29, 1.82) is 5.41 Å². The smallest absolute Gasteiger partial charge is 0.141 e. The van der Waals surface area contributed by atoms with Crippen LogP contribution in [-0.2, 0) is 13.1 Å². The van der Waals surface area contributed by atoms with Crippen LogP contribution in [0.5, 0.6) is 0 Å². The molecule has 0 bridgehead atoms. The highest BCUT2D eigenvalue weighted by Crippen LogP contribution is 2.17. The van der Waals surface area contributed by atoms with E-state index in [0.29, 0.717) is 5.84 Å². The third-order valence-electron chi connectivity index (χ3n) is 3.44. The lowest BCUT2D eigenvalue weighted by Crippen LogP contribution is -2.40. The van der Waals surface area contributed by atoms with E-state index in [2.05, 4.69) is 21.9 Å². The van der Waals surface area contributed by atoms with Gasteiger partial charge in [0.15, 0.2) is 0 Å². The molecule has 0 amide bonds. The summed E-state index contributed by atoms with van der Waals surface area (Å²) in [4.78, 5) is 6.65. The second-order valence-corrected chi connectivity index (χ2v) is 4.93. The maximum atomic E-state index is 7.55. The predicted molar refractivity (Wildman–Crippen MR) is 70.2 cm³/mol. The molecule has 18 heavy (non-hydrogen) atoms. The van der Waals surface area contributed by atoms with E-state index in [-0.39, 0.29) is 5.92 Å². The van der Waals surface area contributed by atoms with Crippen LogP contribution in [-0.4, -0.2) is 38.6 Å². The lowest BCUT2D eigenvalue weighted by molar-refractivity contribution is 0.188. The predicted octanol–water partition coefficient (Wildman–Crippen LogP) is 0.836. The van der Waals surface area contributed by atoms with Gasteiger partial charge in [-0.3, -0.25) is 10.3 Å². The van der Waals surface area contributed by atoms with Crippen molar-refractivity contribution in [2.24, 2.45) is 11.7 Å². The van der Waals surface area contributed by atoms with Gasteiger partial charge in [-0.15, -0.1) is 0 Å².